The summed E-state index contributed by atoms with van der Waals surface area (Å²) in [6.45, 7) is 2.49. The molecule has 3 nitrogen and oxygen atoms in total. The number of halogens is 1. The largest absolute Gasteiger partial charge is 0.382 e. The summed E-state index contributed by atoms with van der Waals surface area (Å²) in [7, 11) is 0. The van der Waals surface area contributed by atoms with E-state index in [1.807, 2.05) is 6.20 Å². The van der Waals surface area contributed by atoms with E-state index < -0.39 is 0 Å². The summed E-state index contributed by atoms with van der Waals surface area (Å²) in [5.74, 6) is 0. The van der Waals surface area contributed by atoms with Crippen LogP contribution in [0.3, 0.4) is 0 Å². The number of likely N-dealkylation sites (tertiary alicyclic amines) is 1. The minimum absolute atomic E-state index is 0.592. The molecule has 0 radical (unpaired) electrons. The van der Waals surface area contributed by atoms with Gasteiger partial charge in [-0.15, -0.1) is 0 Å². The van der Waals surface area contributed by atoms with Crippen LogP contribution in [0.2, 0.25) is 0 Å². The lowest BCUT2D eigenvalue weighted by molar-refractivity contribution is 0.210. The Labute approximate surface area is 133 Å². The van der Waals surface area contributed by atoms with Crippen molar-refractivity contribution in [2.24, 2.45) is 0 Å². The Bertz CT molecular complexity index is 646. The van der Waals surface area contributed by atoms with Crippen molar-refractivity contribution in [2.75, 3.05) is 18.4 Å². The smallest absolute Gasteiger partial charge is 0.0733 e. The second kappa shape index (κ2) is 5.58. The fraction of sp³-hybridized carbons (Fsp3) is 0.471. The zero-order valence-corrected chi connectivity index (χ0v) is 13.6. The van der Waals surface area contributed by atoms with Crippen molar-refractivity contribution in [2.45, 2.75) is 37.8 Å². The summed E-state index contributed by atoms with van der Waals surface area (Å²) in [6.07, 6.45) is 7.23. The lowest BCUT2D eigenvalue weighted by Gasteiger charge is -2.33. The van der Waals surface area contributed by atoms with Crippen molar-refractivity contribution >= 4 is 32.5 Å². The first-order valence-corrected chi connectivity index (χ1v) is 8.64. The number of pyridine rings is 1. The zero-order chi connectivity index (χ0) is 14.2. The second-order valence-electron chi connectivity index (χ2n) is 6.21. The van der Waals surface area contributed by atoms with Crippen LogP contribution in [-0.4, -0.2) is 35.1 Å². The van der Waals surface area contributed by atoms with Gasteiger partial charge in [-0.25, -0.2) is 0 Å². The van der Waals surface area contributed by atoms with Crippen LogP contribution in [-0.2, 0) is 0 Å². The normalized spacial score (nSPS) is 20.8. The predicted molar refractivity (Wildman–Crippen MR) is 90.7 cm³/mol. The molecule has 21 heavy (non-hydrogen) atoms. The van der Waals surface area contributed by atoms with Gasteiger partial charge < -0.3 is 10.2 Å². The Hall–Kier alpha value is -1.13. The first-order valence-electron chi connectivity index (χ1n) is 7.84. The molecule has 110 valence electrons. The minimum Gasteiger partial charge on any atom is -0.382 e. The standard InChI is InChI=1S/C17H20BrN3/c18-12-1-4-15-16(5-8-19-17(15)11-12)20-13-6-9-21(10-7-13)14-2-3-14/h1,4-5,8,11,13-14H,2-3,6-7,9-10H2,(H,19,20). The number of hydrogen-bond acceptors (Lipinski definition) is 3. The van der Waals surface area contributed by atoms with E-state index in [9.17, 15) is 0 Å². The average Bonchev–Trinajstić information content (AvgIpc) is 3.33. The van der Waals surface area contributed by atoms with Crippen molar-refractivity contribution in [3.05, 3.63) is 34.9 Å². The van der Waals surface area contributed by atoms with E-state index in [-0.39, 0.29) is 0 Å². The van der Waals surface area contributed by atoms with Crippen molar-refractivity contribution in [1.82, 2.24) is 9.88 Å². The molecular weight excluding hydrogens is 326 g/mol. The lowest BCUT2D eigenvalue weighted by Crippen LogP contribution is -2.40. The van der Waals surface area contributed by atoms with Gasteiger partial charge in [0.05, 0.1) is 5.52 Å². The Morgan fingerprint density at radius 1 is 1.10 bits per heavy atom. The first kappa shape index (κ1) is 13.5. The highest BCUT2D eigenvalue weighted by atomic mass is 79.9. The number of anilines is 1. The van der Waals surface area contributed by atoms with Gasteiger partial charge in [-0.05, 0) is 49.9 Å². The molecule has 0 amide bonds. The van der Waals surface area contributed by atoms with Crippen LogP contribution in [0.15, 0.2) is 34.9 Å². The van der Waals surface area contributed by atoms with Gasteiger partial charge in [-0.2, -0.15) is 0 Å². The van der Waals surface area contributed by atoms with E-state index in [1.165, 1.54) is 49.8 Å². The van der Waals surface area contributed by atoms with Gasteiger partial charge in [-0.3, -0.25) is 4.98 Å². The topological polar surface area (TPSA) is 28.2 Å². The van der Waals surface area contributed by atoms with Crippen LogP contribution < -0.4 is 5.32 Å². The van der Waals surface area contributed by atoms with Crippen LogP contribution in [0, 0.1) is 0 Å². The van der Waals surface area contributed by atoms with Gasteiger partial charge in [0.15, 0.2) is 0 Å². The van der Waals surface area contributed by atoms with E-state index in [1.54, 1.807) is 0 Å². The highest BCUT2D eigenvalue weighted by molar-refractivity contribution is 9.10. The number of nitrogens with zero attached hydrogens (tertiary/aromatic N) is 2. The summed E-state index contributed by atoms with van der Waals surface area (Å²) < 4.78 is 1.08. The molecule has 2 heterocycles. The van der Waals surface area contributed by atoms with Gasteiger partial charge in [0.25, 0.3) is 0 Å². The van der Waals surface area contributed by atoms with Crippen molar-refractivity contribution in [3.63, 3.8) is 0 Å². The monoisotopic (exact) mass is 345 g/mol. The maximum Gasteiger partial charge on any atom is 0.0733 e. The molecule has 2 aliphatic rings. The molecule has 0 bridgehead atoms. The van der Waals surface area contributed by atoms with Crippen LogP contribution in [0.25, 0.3) is 10.9 Å². The average molecular weight is 346 g/mol. The Morgan fingerprint density at radius 2 is 1.90 bits per heavy atom. The molecule has 2 aromatic rings. The summed E-state index contributed by atoms with van der Waals surface area (Å²) >= 11 is 3.52. The molecular formula is C17H20BrN3. The third kappa shape index (κ3) is 2.92. The van der Waals surface area contributed by atoms with Gasteiger partial charge in [0.1, 0.15) is 0 Å². The van der Waals surface area contributed by atoms with Crippen LogP contribution in [0.1, 0.15) is 25.7 Å². The second-order valence-corrected chi connectivity index (χ2v) is 7.12. The first-order chi connectivity index (χ1) is 10.3. The molecule has 1 aliphatic carbocycles. The van der Waals surface area contributed by atoms with E-state index in [0.717, 1.165) is 16.0 Å². The molecule has 2 fully saturated rings. The van der Waals surface area contributed by atoms with Crippen molar-refractivity contribution in [3.8, 4) is 0 Å². The number of fused-ring (bicyclic) bond motifs is 1. The van der Waals surface area contributed by atoms with Gasteiger partial charge in [-0.1, -0.05) is 15.9 Å². The maximum absolute atomic E-state index is 4.46. The molecule has 1 N–H and O–H groups in total. The fourth-order valence-electron chi connectivity index (χ4n) is 3.32. The molecule has 0 atom stereocenters. The zero-order valence-electron chi connectivity index (χ0n) is 12.1. The number of hydrogen-bond donors (Lipinski definition) is 1. The van der Waals surface area contributed by atoms with E-state index in [2.05, 4.69) is 55.4 Å². The minimum atomic E-state index is 0.592. The highest BCUT2D eigenvalue weighted by Crippen LogP contribution is 2.31. The molecule has 0 unspecified atom stereocenters. The van der Waals surface area contributed by atoms with E-state index in [0.29, 0.717) is 6.04 Å². The molecule has 4 heteroatoms. The molecule has 0 spiro atoms. The number of piperidine rings is 1. The number of benzene rings is 1. The van der Waals surface area contributed by atoms with Crippen molar-refractivity contribution < 1.29 is 0 Å². The lowest BCUT2D eigenvalue weighted by atomic mass is 10.0. The molecule has 4 rings (SSSR count). The molecule has 1 aromatic heterocycles. The predicted octanol–water partition coefficient (Wildman–Crippen LogP) is 4.04. The number of nitrogens with one attached hydrogen (secondary N) is 1. The summed E-state index contributed by atoms with van der Waals surface area (Å²) in [5.41, 5.74) is 2.27. The number of aromatic nitrogens is 1. The maximum atomic E-state index is 4.46. The Morgan fingerprint density at radius 3 is 2.67 bits per heavy atom. The van der Waals surface area contributed by atoms with Crippen LogP contribution >= 0.6 is 15.9 Å². The molecule has 1 saturated heterocycles. The van der Waals surface area contributed by atoms with E-state index in [4.69, 9.17) is 0 Å². The van der Waals surface area contributed by atoms with Gasteiger partial charge in [0, 0.05) is 46.9 Å². The van der Waals surface area contributed by atoms with Crippen LogP contribution in [0.5, 0.6) is 0 Å². The van der Waals surface area contributed by atoms with Crippen molar-refractivity contribution in [1.29, 1.82) is 0 Å². The summed E-state index contributed by atoms with van der Waals surface area (Å²) in [4.78, 5) is 7.13. The Kier molecular flexibility index (Phi) is 3.59. The fourth-order valence-corrected chi connectivity index (χ4v) is 3.66. The summed E-state index contributed by atoms with van der Waals surface area (Å²) in [5, 5.41) is 4.95. The third-order valence-corrected chi connectivity index (χ3v) is 5.15. The third-order valence-electron chi connectivity index (χ3n) is 4.66. The molecule has 1 saturated carbocycles. The SMILES string of the molecule is Brc1ccc2c(NC3CCN(C4CC4)CC3)ccnc2c1. The summed E-state index contributed by atoms with van der Waals surface area (Å²) in [6, 6.07) is 9.91. The quantitative estimate of drug-likeness (QED) is 0.909. The van der Waals surface area contributed by atoms with Crippen LogP contribution in [0.4, 0.5) is 5.69 Å². The van der Waals surface area contributed by atoms with Gasteiger partial charge in [0.2, 0.25) is 0 Å². The molecule has 1 aromatic carbocycles. The van der Waals surface area contributed by atoms with Gasteiger partial charge >= 0.3 is 0 Å². The van der Waals surface area contributed by atoms with E-state index >= 15 is 0 Å². The molecule has 1 aliphatic heterocycles. The number of rotatable bonds is 3. The highest BCUT2D eigenvalue weighted by Gasteiger charge is 2.31. The Balaban J connectivity index is 1.49.